The lowest BCUT2D eigenvalue weighted by molar-refractivity contribution is 0.0696. The minimum absolute atomic E-state index is 0.0566. The van der Waals surface area contributed by atoms with Crippen molar-refractivity contribution >= 4 is 11.2 Å². The van der Waals surface area contributed by atoms with Crippen molar-refractivity contribution < 1.29 is 0 Å². The van der Waals surface area contributed by atoms with Crippen LogP contribution in [0, 0.1) is 0 Å². The first kappa shape index (κ1) is 17.6. The van der Waals surface area contributed by atoms with Gasteiger partial charge in [0.15, 0.2) is 11.2 Å². The van der Waals surface area contributed by atoms with E-state index in [0.717, 1.165) is 43.7 Å². The van der Waals surface area contributed by atoms with Crippen molar-refractivity contribution in [3.8, 4) is 0 Å². The van der Waals surface area contributed by atoms with Gasteiger partial charge in [-0.05, 0) is 6.42 Å². The molecule has 0 amide bonds. The van der Waals surface area contributed by atoms with Gasteiger partial charge >= 0.3 is 5.69 Å². The highest BCUT2D eigenvalue weighted by Crippen LogP contribution is 2.22. The monoisotopic (exact) mass is 346 g/mol. The van der Waals surface area contributed by atoms with Crippen molar-refractivity contribution in [3.05, 3.63) is 39.8 Å². The summed E-state index contributed by atoms with van der Waals surface area (Å²) in [6.45, 7) is 10.6. The van der Waals surface area contributed by atoms with Gasteiger partial charge in [0.05, 0.1) is 12.5 Å². The number of imidazole rings is 1. The Bertz CT molecular complexity index is 885. The van der Waals surface area contributed by atoms with E-state index in [2.05, 4.69) is 28.3 Å². The molecular formula is C17H26N6O2. The summed E-state index contributed by atoms with van der Waals surface area (Å²) in [4.78, 5) is 33.9. The van der Waals surface area contributed by atoms with Crippen LogP contribution in [-0.2, 0) is 14.1 Å². The standard InChI is InChI=1S/C17H26N6O2/c1-5-7-21-8-10-22(11-9-21)13(6-2)23-12-18-15-14(23)16(24)20(4)17(25)19(15)3/h5,12-13H,1,6-11H2,2-4H3. The van der Waals surface area contributed by atoms with E-state index in [-0.39, 0.29) is 17.4 Å². The molecule has 0 bridgehead atoms. The number of piperazine rings is 1. The third-order valence-corrected chi connectivity index (χ3v) is 5.08. The van der Waals surface area contributed by atoms with Gasteiger partial charge in [-0.25, -0.2) is 9.78 Å². The zero-order valence-corrected chi connectivity index (χ0v) is 15.2. The van der Waals surface area contributed by atoms with Gasteiger partial charge in [0.25, 0.3) is 5.56 Å². The smallest absolute Gasteiger partial charge is 0.308 e. The van der Waals surface area contributed by atoms with Gasteiger partial charge in [0.1, 0.15) is 0 Å². The van der Waals surface area contributed by atoms with Crippen molar-refractivity contribution in [2.24, 2.45) is 14.1 Å². The summed E-state index contributed by atoms with van der Waals surface area (Å²) in [5.41, 5.74) is 0.287. The fourth-order valence-electron chi connectivity index (χ4n) is 3.65. The lowest BCUT2D eigenvalue weighted by Crippen LogP contribution is -2.48. The second kappa shape index (κ2) is 6.97. The molecule has 2 aromatic heterocycles. The third kappa shape index (κ3) is 2.96. The number of hydrogen-bond donors (Lipinski definition) is 0. The summed E-state index contributed by atoms with van der Waals surface area (Å²) in [6.07, 6.45) is 4.54. The Morgan fingerprint density at radius 1 is 1.20 bits per heavy atom. The molecule has 3 rings (SSSR count). The van der Waals surface area contributed by atoms with E-state index in [1.807, 2.05) is 10.6 Å². The van der Waals surface area contributed by atoms with Gasteiger partial charge < -0.3 is 4.57 Å². The predicted molar refractivity (Wildman–Crippen MR) is 97.8 cm³/mol. The number of rotatable bonds is 5. The molecule has 1 saturated heterocycles. The highest BCUT2D eigenvalue weighted by Gasteiger charge is 2.26. The Morgan fingerprint density at radius 3 is 2.48 bits per heavy atom. The van der Waals surface area contributed by atoms with Gasteiger partial charge in [0, 0.05) is 46.8 Å². The molecule has 1 aliphatic rings. The average molecular weight is 346 g/mol. The van der Waals surface area contributed by atoms with E-state index in [4.69, 9.17) is 0 Å². The van der Waals surface area contributed by atoms with Crippen LogP contribution in [0.1, 0.15) is 19.5 Å². The summed E-state index contributed by atoms with van der Waals surface area (Å²) >= 11 is 0. The van der Waals surface area contributed by atoms with E-state index in [0.29, 0.717) is 11.2 Å². The molecule has 8 heteroatoms. The zero-order chi connectivity index (χ0) is 18.1. The summed E-state index contributed by atoms with van der Waals surface area (Å²) in [5, 5.41) is 0. The second-order valence-electron chi connectivity index (χ2n) is 6.54. The van der Waals surface area contributed by atoms with Gasteiger partial charge in [-0.15, -0.1) is 6.58 Å². The van der Waals surface area contributed by atoms with E-state index in [1.54, 1.807) is 13.4 Å². The van der Waals surface area contributed by atoms with Gasteiger partial charge in [-0.2, -0.15) is 0 Å². The van der Waals surface area contributed by atoms with E-state index in [9.17, 15) is 9.59 Å². The molecule has 0 radical (unpaired) electrons. The zero-order valence-electron chi connectivity index (χ0n) is 15.2. The van der Waals surface area contributed by atoms with E-state index < -0.39 is 0 Å². The Hall–Kier alpha value is -2.19. The SMILES string of the molecule is C=CCN1CCN(C(CC)n2cnc3c2c(=O)n(C)c(=O)n3C)CC1. The Balaban J connectivity index is 1.99. The van der Waals surface area contributed by atoms with Crippen LogP contribution >= 0.6 is 0 Å². The molecular weight excluding hydrogens is 320 g/mol. The molecule has 1 aliphatic heterocycles. The quantitative estimate of drug-likeness (QED) is 0.721. The maximum atomic E-state index is 12.7. The molecule has 136 valence electrons. The summed E-state index contributed by atoms with van der Waals surface area (Å²) in [6, 6.07) is 0. The molecule has 8 nitrogen and oxygen atoms in total. The fraction of sp³-hybridized carbons (Fsp3) is 0.588. The van der Waals surface area contributed by atoms with E-state index >= 15 is 0 Å². The van der Waals surface area contributed by atoms with Crippen molar-refractivity contribution in [3.63, 3.8) is 0 Å². The number of aromatic nitrogens is 4. The molecule has 1 fully saturated rings. The number of nitrogens with zero attached hydrogens (tertiary/aromatic N) is 6. The van der Waals surface area contributed by atoms with Crippen molar-refractivity contribution in [2.45, 2.75) is 19.5 Å². The second-order valence-corrected chi connectivity index (χ2v) is 6.54. The van der Waals surface area contributed by atoms with Crippen molar-refractivity contribution in [1.29, 1.82) is 0 Å². The van der Waals surface area contributed by atoms with Crippen LogP contribution in [0.4, 0.5) is 0 Å². The molecule has 0 aliphatic carbocycles. The third-order valence-electron chi connectivity index (χ3n) is 5.08. The summed E-state index contributed by atoms with van der Waals surface area (Å²) in [5.74, 6) is 0. The lowest BCUT2D eigenvalue weighted by Gasteiger charge is -2.39. The van der Waals surface area contributed by atoms with Crippen LogP contribution in [0.15, 0.2) is 28.6 Å². The fourth-order valence-corrected chi connectivity index (χ4v) is 3.65. The topological polar surface area (TPSA) is 68.3 Å². The molecule has 2 aromatic rings. The average Bonchev–Trinajstić information content (AvgIpc) is 3.05. The Labute approximate surface area is 146 Å². The molecule has 0 saturated carbocycles. The number of aryl methyl sites for hydroxylation is 1. The van der Waals surface area contributed by atoms with Crippen LogP contribution in [0.2, 0.25) is 0 Å². The van der Waals surface area contributed by atoms with Crippen LogP contribution < -0.4 is 11.2 Å². The first-order valence-electron chi connectivity index (χ1n) is 8.69. The Kier molecular flexibility index (Phi) is 4.91. The van der Waals surface area contributed by atoms with Crippen LogP contribution in [-0.4, -0.2) is 61.2 Å². The highest BCUT2D eigenvalue weighted by atomic mass is 16.2. The molecule has 1 atom stereocenters. The largest absolute Gasteiger partial charge is 0.332 e. The first-order valence-corrected chi connectivity index (χ1v) is 8.69. The van der Waals surface area contributed by atoms with E-state index in [1.165, 1.54) is 11.6 Å². The maximum Gasteiger partial charge on any atom is 0.332 e. The molecule has 0 spiro atoms. The predicted octanol–water partition coefficient (Wildman–Crippen LogP) is 0.146. The van der Waals surface area contributed by atoms with Crippen LogP contribution in [0.5, 0.6) is 0 Å². The molecule has 0 N–H and O–H groups in total. The maximum absolute atomic E-state index is 12.7. The molecule has 1 unspecified atom stereocenters. The van der Waals surface area contributed by atoms with Crippen LogP contribution in [0.25, 0.3) is 11.2 Å². The lowest BCUT2D eigenvalue weighted by atomic mass is 10.2. The normalized spacial score (nSPS) is 17.9. The number of fused-ring (bicyclic) bond motifs is 1. The summed E-state index contributed by atoms with van der Waals surface area (Å²) in [7, 11) is 3.16. The number of hydrogen-bond acceptors (Lipinski definition) is 5. The summed E-state index contributed by atoms with van der Waals surface area (Å²) < 4.78 is 4.51. The minimum atomic E-state index is -0.353. The van der Waals surface area contributed by atoms with Crippen molar-refractivity contribution in [2.75, 3.05) is 32.7 Å². The minimum Gasteiger partial charge on any atom is -0.308 e. The van der Waals surface area contributed by atoms with Gasteiger partial charge in [-0.1, -0.05) is 13.0 Å². The van der Waals surface area contributed by atoms with Gasteiger partial charge in [0.2, 0.25) is 0 Å². The Morgan fingerprint density at radius 2 is 1.88 bits per heavy atom. The van der Waals surface area contributed by atoms with Crippen molar-refractivity contribution in [1.82, 2.24) is 28.5 Å². The molecule has 25 heavy (non-hydrogen) atoms. The molecule has 0 aromatic carbocycles. The highest BCUT2D eigenvalue weighted by molar-refractivity contribution is 5.70. The first-order chi connectivity index (χ1) is 12.0. The van der Waals surface area contributed by atoms with Crippen LogP contribution in [0.3, 0.4) is 0 Å². The molecule has 3 heterocycles. The van der Waals surface area contributed by atoms with Gasteiger partial charge in [-0.3, -0.25) is 23.7 Å².